The summed E-state index contributed by atoms with van der Waals surface area (Å²) in [6, 6.07) is 7.97. The lowest BCUT2D eigenvalue weighted by Gasteiger charge is -2.23. The average Bonchev–Trinajstić information content (AvgIpc) is 3.32. The van der Waals surface area contributed by atoms with Crippen LogP contribution in [0, 0.1) is 0 Å². The molecule has 0 aromatic heterocycles. The number of hydrogen-bond donors (Lipinski definition) is 1. The lowest BCUT2D eigenvalue weighted by molar-refractivity contribution is 0.262. The van der Waals surface area contributed by atoms with E-state index in [4.69, 9.17) is 9.47 Å². The molecule has 0 spiro atoms. The maximum atomic E-state index is 10.5. The fraction of sp³-hybridized carbons (Fsp3) is 0.412. The number of fused-ring (bicyclic) bond motifs is 2. The number of benzene rings is 2. The first-order valence-electron chi connectivity index (χ1n) is 7.34. The lowest BCUT2D eigenvalue weighted by atomic mass is 9.87. The highest BCUT2D eigenvalue weighted by Gasteiger charge is 2.26. The van der Waals surface area contributed by atoms with E-state index < -0.39 is 0 Å². The molecule has 2 aliphatic rings. The molecule has 20 heavy (non-hydrogen) atoms. The molecule has 2 aromatic rings. The number of aromatic hydroxyl groups is 1. The van der Waals surface area contributed by atoms with Crippen LogP contribution in [-0.2, 0) is 17.6 Å². The fourth-order valence-electron chi connectivity index (χ4n) is 3.14. The summed E-state index contributed by atoms with van der Waals surface area (Å²) < 4.78 is 11.3. The summed E-state index contributed by atoms with van der Waals surface area (Å²) >= 11 is 0. The third kappa shape index (κ3) is 1.93. The predicted molar refractivity (Wildman–Crippen MR) is 77.5 cm³/mol. The maximum absolute atomic E-state index is 10.5. The Labute approximate surface area is 118 Å². The molecule has 1 heterocycles. The zero-order chi connectivity index (χ0) is 13.5. The van der Waals surface area contributed by atoms with Crippen molar-refractivity contribution in [3.05, 3.63) is 35.4 Å². The molecule has 4 rings (SSSR count). The van der Waals surface area contributed by atoms with Crippen molar-refractivity contribution in [3.8, 4) is 11.5 Å². The Morgan fingerprint density at radius 3 is 2.55 bits per heavy atom. The molecule has 1 fully saturated rings. The van der Waals surface area contributed by atoms with Crippen molar-refractivity contribution in [1.29, 1.82) is 0 Å². The van der Waals surface area contributed by atoms with Gasteiger partial charge >= 0.3 is 0 Å². The van der Waals surface area contributed by atoms with Crippen molar-refractivity contribution >= 4 is 10.8 Å². The number of hydrogen-bond acceptors (Lipinski definition) is 3. The third-order valence-corrected chi connectivity index (χ3v) is 4.27. The van der Waals surface area contributed by atoms with Crippen LogP contribution >= 0.6 is 0 Å². The summed E-state index contributed by atoms with van der Waals surface area (Å²) in [7, 11) is 0. The van der Waals surface area contributed by atoms with Gasteiger partial charge in [0, 0.05) is 21.9 Å². The normalized spacial score (nSPS) is 20.7. The van der Waals surface area contributed by atoms with E-state index in [1.807, 2.05) is 24.3 Å². The number of phenolic OH excluding ortho intramolecular Hbond substituents is 1. The second-order valence-corrected chi connectivity index (χ2v) is 5.65. The van der Waals surface area contributed by atoms with Gasteiger partial charge in [0.15, 0.2) is 0 Å². The zero-order valence-corrected chi connectivity index (χ0v) is 11.4. The molecule has 3 nitrogen and oxygen atoms in total. The van der Waals surface area contributed by atoms with Gasteiger partial charge < -0.3 is 14.6 Å². The second-order valence-electron chi connectivity index (χ2n) is 5.65. The van der Waals surface area contributed by atoms with Gasteiger partial charge in [0.05, 0.1) is 6.61 Å². The van der Waals surface area contributed by atoms with Gasteiger partial charge in [-0.2, -0.15) is 0 Å². The standard InChI is InChI=1S/C17H18O3/c18-16-12-5-1-3-7-14(12)17(20-10-11-9-19-11)15-8-4-2-6-13(15)16/h1,3,5,7,11,18H,2,4,6,8-10H2. The SMILES string of the molecule is Oc1c2c(c(OCC3CO3)c3ccccc13)CCCC2. The van der Waals surface area contributed by atoms with Crippen LogP contribution in [0.3, 0.4) is 0 Å². The summed E-state index contributed by atoms with van der Waals surface area (Å²) in [5, 5.41) is 12.5. The molecule has 3 heteroatoms. The molecule has 1 unspecified atom stereocenters. The lowest BCUT2D eigenvalue weighted by Crippen LogP contribution is -2.11. The molecular weight excluding hydrogens is 252 g/mol. The number of ether oxygens (including phenoxy) is 2. The predicted octanol–water partition coefficient (Wildman–Crippen LogP) is 3.20. The molecule has 1 aliphatic heterocycles. The summed E-state index contributed by atoms with van der Waals surface area (Å²) in [6.45, 7) is 1.42. The van der Waals surface area contributed by atoms with Gasteiger partial charge in [-0.3, -0.25) is 0 Å². The van der Waals surface area contributed by atoms with Crippen molar-refractivity contribution in [2.45, 2.75) is 31.8 Å². The Morgan fingerprint density at radius 2 is 1.80 bits per heavy atom. The van der Waals surface area contributed by atoms with Crippen LogP contribution < -0.4 is 4.74 Å². The van der Waals surface area contributed by atoms with Crippen molar-refractivity contribution in [1.82, 2.24) is 0 Å². The molecule has 0 radical (unpaired) electrons. The first-order chi connectivity index (χ1) is 9.84. The Bertz CT molecular complexity index is 659. The second kappa shape index (κ2) is 4.67. The van der Waals surface area contributed by atoms with Crippen LogP contribution in [0.15, 0.2) is 24.3 Å². The van der Waals surface area contributed by atoms with E-state index in [1.165, 1.54) is 12.0 Å². The van der Waals surface area contributed by atoms with E-state index in [2.05, 4.69) is 0 Å². The van der Waals surface area contributed by atoms with Crippen molar-refractivity contribution in [3.63, 3.8) is 0 Å². The molecule has 0 bridgehead atoms. The molecule has 0 amide bonds. The van der Waals surface area contributed by atoms with Crippen molar-refractivity contribution in [2.24, 2.45) is 0 Å². The van der Waals surface area contributed by atoms with Crippen LogP contribution in [0.25, 0.3) is 10.8 Å². The highest BCUT2D eigenvalue weighted by atomic mass is 16.6. The van der Waals surface area contributed by atoms with Gasteiger partial charge in [-0.25, -0.2) is 0 Å². The van der Waals surface area contributed by atoms with Crippen LogP contribution in [0.5, 0.6) is 11.5 Å². The topological polar surface area (TPSA) is 42.0 Å². The number of epoxide rings is 1. The molecule has 1 saturated heterocycles. The quantitative estimate of drug-likeness (QED) is 0.871. The van der Waals surface area contributed by atoms with Gasteiger partial charge in [0.25, 0.3) is 0 Å². The van der Waals surface area contributed by atoms with Gasteiger partial charge in [0.2, 0.25) is 0 Å². The van der Waals surface area contributed by atoms with E-state index in [-0.39, 0.29) is 6.10 Å². The van der Waals surface area contributed by atoms with E-state index in [1.54, 1.807) is 0 Å². The van der Waals surface area contributed by atoms with E-state index >= 15 is 0 Å². The Kier molecular flexibility index (Phi) is 2.81. The summed E-state index contributed by atoms with van der Waals surface area (Å²) in [4.78, 5) is 0. The first kappa shape index (κ1) is 12.0. The monoisotopic (exact) mass is 270 g/mol. The summed E-state index contributed by atoms with van der Waals surface area (Å²) in [5.74, 6) is 1.41. The largest absolute Gasteiger partial charge is 0.507 e. The van der Waals surface area contributed by atoms with Crippen LogP contribution in [0.1, 0.15) is 24.0 Å². The van der Waals surface area contributed by atoms with E-state index in [9.17, 15) is 5.11 Å². The van der Waals surface area contributed by atoms with E-state index in [0.717, 1.165) is 48.0 Å². The molecular formula is C17H18O3. The molecule has 1 N–H and O–H groups in total. The minimum Gasteiger partial charge on any atom is -0.507 e. The highest BCUT2D eigenvalue weighted by Crippen LogP contribution is 2.43. The molecule has 0 saturated carbocycles. The summed E-state index contributed by atoms with van der Waals surface area (Å²) in [6.07, 6.45) is 4.50. The van der Waals surface area contributed by atoms with Gasteiger partial charge in [0.1, 0.15) is 24.2 Å². The Morgan fingerprint density at radius 1 is 1.10 bits per heavy atom. The molecule has 1 aliphatic carbocycles. The van der Waals surface area contributed by atoms with Crippen LogP contribution in [0.4, 0.5) is 0 Å². The minimum absolute atomic E-state index is 0.252. The molecule has 1 atom stereocenters. The Balaban J connectivity index is 1.89. The molecule has 104 valence electrons. The van der Waals surface area contributed by atoms with Crippen molar-refractivity contribution < 1.29 is 14.6 Å². The van der Waals surface area contributed by atoms with Crippen LogP contribution in [-0.4, -0.2) is 24.4 Å². The molecule has 2 aromatic carbocycles. The fourth-order valence-corrected chi connectivity index (χ4v) is 3.14. The first-order valence-corrected chi connectivity index (χ1v) is 7.34. The Hall–Kier alpha value is -1.74. The minimum atomic E-state index is 0.252. The van der Waals surface area contributed by atoms with Gasteiger partial charge in [-0.1, -0.05) is 24.3 Å². The third-order valence-electron chi connectivity index (χ3n) is 4.27. The highest BCUT2D eigenvalue weighted by molar-refractivity contribution is 5.96. The number of rotatable bonds is 3. The zero-order valence-electron chi connectivity index (χ0n) is 11.4. The average molecular weight is 270 g/mol. The van der Waals surface area contributed by atoms with Crippen molar-refractivity contribution in [2.75, 3.05) is 13.2 Å². The maximum Gasteiger partial charge on any atom is 0.130 e. The summed E-state index contributed by atoms with van der Waals surface area (Å²) in [5.41, 5.74) is 2.29. The van der Waals surface area contributed by atoms with E-state index in [0.29, 0.717) is 12.4 Å². The van der Waals surface area contributed by atoms with Gasteiger partial charge in [-0.15, -0.1) is 0 Å². The van der Waals surface area contributed by atoms with Gasteiger partial charge in [-0.05, 0) is 25.7 Å². The van der Waals surface area contributed by atoms with Crippen LogP contribution in [0.2, 0.25) is 0 Å². The smallest absolute Gasteiger partial charge is 0.130 e. The number of phenols is 1.